The fourth-order valence-electron chi connectivity index (χ4n) is 2.37. The van der Waals surface area contributed by atoms with Crippen LogP contribution in [0.1, 0.15) is 10.4 Å². The van der Waals surface area contributed by atoms with Gasteiger partial charge in [-0.05, 0) is 18.2 Å². The van der Waals surface area contributed by atoms with Crippen LogP contribution < -0.4 is 18.9 Å². The molecule has 0 amide bonds. The van der Waals surface area contributed by atoms with E-state index < -0.39 is 16.0 Å². The van der Waals surface area contributed by atoms with Crippen LogP contribution in [0.3, 0.4) is 0 Å². The Balaban J connectivity index is 2.71. The monoisotopic (exact) mass is 449 g/mol. The molecule has 2 aromatic rings. The summed E-state index contributed by atoms with van der Waals surface area (Å²) in [4.78, 5) is 12.1. The first-order valence-electron chi connectivity index (χ1n) is 7.59. The highest BCUT2D eigenvalue weighted by atomic mass is 35.5. The van der Waals surface area contributed by atoms with Gasteiger partial charge in [-0.25, -0.2) is 13.2 Å². The summed E-state index contributed by atoms with van der Waals surface area (Å²) in [7, 11) is 0.973. The molecular formula is C17H17Cl2NO7S. The fraction of sp³-hybridized carbons (Fsp3) is 0.235. The molecule has 1 N–H and O–H groups in total. The average Bonchev–Trinajstić information content (AvgIpc) is 2.68. The van der Waals surface area contributed by atoms with E-state index in [1.807, 2.05) is 0 Å². The smallest absolute Gasteiger partial charge is 0.340 e. The number of rotatable bonds is 7. The van der Waals surface area contributed by atoms with Gasteiger partial charge in [0, 0.05) is 6.07 Å². The Morgan fingerprint density at radius 1 is 0.929 bits per heavy atom. The summed E-state index contributed by atoms with van der Waals surface area (Å²) in [5, 5.41) is 0.247. The topological polar surface area (TPSA) is 100 Å². The number of benzene rings is 2. The second-order valence-corrected chi connectivity index (χ2v) is 7.74. The Labute approximate surface area is 172 Å². The molecule has 0 heterocycles. The zero-order valence-corrected chi connectivity index (χ0v) is 17.7. The molecule has 0 saturated carbocycles. The summed E-state index contributed by atoms with van der Waals surface area (Å²) in [5.41, 5.74) is -0.321. The van der Waals surface area contributed by atoms with E-state index in [1.54, 1.807) is 0 Å². The number of carbonyl (C=O) groups excluding carboxylic acids is 1. The van der Waals surface area contributed by atoms with E-state index in [1.165, 1.54) is 45.6 Å². The molecule has 2 rings (SSSR count). The van der Waals surface area contributed by atoms with Crippen molar-refractivity contribution in [3.05, 3.63) is 39.9 Å². The molecule has 2 aromatic carbocycles. The van der Waals surface area contributed by atoms with Crippen LogP contribution in [0.15, 0.2) is 29.2 Å². The van der Waals surface area contributed by atoms with Crippen LogP contribution in [0.5, 0.6) is 17.2 Å². The average molecular weight is 450 g/mol. The lowest BCUT2D eigenvalue weighted by atomic mass is 10.1. The predicted octanol–water partition coefficient (Wildman–Crippen LogP) is 3.61. The molecule has 152 valence electrons. The molecule has 0 fully saturated rings. The van der Waals surface area contributed by atoms with Crippen molar-refractivity contribution >= 4 is 44.9 Å². The Hall–Kier alpha value is -2.36. The minimum atomic E-state index is -4.17. The summed E-state index contributed by atoms with van der Waals surface area (Å²) in [6.45, 7) is 0. The Morgan fingerprint density at radius 2 is 1.57 bits per heavy atom. The highest BCUT2D eigenvalue weighted by Crippen LogP contribution is 2.46. The van der Waals surface area contributed by atoms with Gasteiger partial charge in [-0.2, -0.15) is 0 Å². The van der Waals surface area contributed by atoms with Crippen molar-refractivity contribution in [3.8, 4) is 17.2 Å². The molecule has 28 heavy (non-hydrogen) atoms. The number of anilines is 1. The molecule has 0 spiro atoms. The molecule has 0 aromatic heterocycles. The van der Waals surface area contributed by atoms with Crippen molar-refractivity contribution in [2.75, 3.05) is 33.2 Å². The van der Waals surface area contributed by atoms with Gasteiger partial charge in [0.1, 0.15) is 5.69 Å². The van der Waals surface area contributed by atoms with Crippen LogP contribution in [0.2, 0.25) is 10.0 Å². The zero-order valence-electron chi connectivity index (χ0n) is 15.3. The van der Waals surface area contributed by atoms with E-state index in [2.05, 4.69) is 4.72 Å². The zero-order chi connectivity index (χ0) is 21.1. The highest BCUT2D eigenvalue weighted by Gasteiger charge is 2.28. The largest absolute Gasteiger partial charge is 0.493 e. The first-order chi connectivity index (χ1) is 13.2. The third kappa shape index (κ3) is 4.21. The first kappa shape index (κ1) is 21.9. The number of hydrogen-bond acceptors (Lipinski definition) is 7. The van der Waals surface area contributed by atoms with Gasteiger partial charge in [-0.1, -0.05) is 23.2 Å². The molecule has 0 radical (unpaired) electrons. The lowest BCUT2D eigenvalue weighted by Crippen LogP contribution is -2.17. The van der Waals surface area contributed by atoms with Gasteiger partial charge in [0.05, 0.1) is 48.9 Å². The number of esters is 1. The molecule has 8 nitrogen and oxygen atoms in total. The maximum atomic E-state index is 12.9. The Kier molecular flexibility index (Phi) is 6.87. The molecule has 0 aliphatic heterocycles. The summed E-state index contributed by atoms with van der Waals surface area (Å²) in [6, 6.07) is 5.06. The van der Waals surface area contributed by atoms with Crippen LogP contribution in [0, 0.1) is 0 Å². The molecule has 0 atom stereocenters. The van der Waals surface area contributed by atoms with E-state index >= 15 is 0 Å². The minimum Gasteiger partial charge on any atom is -0.493 e. The number of hydrogen-bond donors (Lipinski definition) is 1. The maximum absolute atomic E-state index is 12.9. The third-order valence-corrected chi connectivity index (χ3v) is 5.76. The van der Waals surface area contributed by atoms with Crippen molar-refractivity contribution in [3.63, 3.8) is 0 Å². The van der Waals surface area contributed by atoms with Gasteiger partial charge in [0.15, 0.2) is 11.5 Å². The third-order valence-electron chi connectivity index (χ3n) is 3.67. The van der Waals surface area contributed by atoms with Gasteiger partial charge in [-0.3, -0.25) is 4.72 Å². The van der Waals surface area contributed by atoms with Gasteiger partial charge in [-0.15, -0.1) is 0 Å². The van der Waals surface area contributed by atoms with Crippen molar-refractivity contribution in [2.24, 2.45) is 0 Å². The Bertz CT molecular complexity index is 1010. The summed E-state index contributed by atoms with van der Waals surface area (Å²) in [6.07, 6.45) is 0. The number of sulfonamides is 1. The summed E-state index contributed by atoms with van der Waals surface area (Å²) >= 11 is 11.8. The first-order valence-corrected chi connectivity index (χ1v) is 9.83. The number of methoxy groups -OCH3 is 4. The van der Waals surface area contributed by atoms with Crippen LogP contribution in [-0.4, -0.2) is 42.8 Å². The molecule has 0 unspecified atom stereocenters. The van der Waals surface area contributed by atoms with Crippen molar-refractivity contribution in [2.45, 2.75) is 4.90 Å². The van der Waals surface area contributed by atoms with Gasteiger partial charge >= 0.3 is 5.97 Å². The second-order valence-electron chi connectivity index (χ2n) is 5.24. The van der Waals surface area contributed by atoms with E-state index in [4.69, 9.17) is 42.1 Å². The van der Waals surface area contributed by atoms with Crippen LogP contribution in [0.25, 0.3) is 0 Å². The SMILES string of the molecule is COC(=O)c1cc(OC)c(OC)c(OC)c1NS(=O)(=O)c1ccc(Cl)c(Cl)c1. The summed E-state index contributed by atoms with van der Waals surface area (Å²) in [5.74, 6) is -0.640. The second kappa shape index (κ2) is 8.76. The predicted molar refractivity (Wildman–Crippen MR) is 105 cm³/mol. The van der Waals surface area contributed by atoms with E-state index in [9.17, 15) is 13.2 Å². The molecular weight excluding hydrogens is 433 g/mol. The number of halogens is 2. The van der Waals surface area contributed by atoms with Crippen molar-refractivity contribution < 1.29 is 32.2 Å². The van der Waals surface area contributed by atoms with Crippen LogP contribution in [0.4, 0.5) is 5.69 Å². The van der Waals surface area contributed by atoms with E-state index in [0.29, 0.717) is 0 Å². The molecule has 11 heteroatoms. The molecule has 0 saturated heterocycles. The number of ether oxygens (including phenoxy) is 4. The van der Waals surface area contributed by atoms with Gasteiger partial charge in [0.25, 0.3) is 10.0 Å². The summed E-state index contributed by atoms with van der Waals surface area (Å²) < 4.78 is 48.5. The maximum Gasteiger partial charge on any atom is 0.340 e. The number of carbonyl (C=O) groups is 1. The van der Waals surface area contributed by atoms with Gasteiger partial charge in [0.2, 0.25) is 5.75 Å². The standard InChI is InChI=1S/C17H17Cl2NO7S/c1-24-13-8-10(17(21)27-4)14(16(26-3)15(13)25-2)20-28(22,23)9-5-6-11(18)12(19)7-9/h5-8,20H,1-4H3. The van der Waals surface area contributed by atoms with Crippen molar-refractivity contribution in [1.29, 1.82) is 0 Å². The number of nitrogens with one attached hydrogen (secondary N) is 1. The van der Waals surface area contributed by atoms with Crippen molar-refractivity contribution in [1.82, 2.24) is 0 Å². The fourth-order valence-corrected chi connectivity index (χ4v) is 3.84. The Morgan fingerprint density at radius 3 is 2.07 bits per heavy atom. The lowest BCUT2D eigenvalue weighted by molar-refractivity contribution is 0.0601. The molecule has 0 aliphatic carbocycles. The van der Waals surface area contributed by atoms with Crippen LogP contribution >= 0.6 is 23.2 Å². The normalized spacial score (nSPS) is 10.9. The quantitative estimate of drug-likeness (QED) is 0.644. The van der Waals surface area contributed by atoms with E-state index in [-0.39, 0.29) is 43.4 Å². The minimum absolute atomic E-state index is 0.0528. The highest BCUT2D eigenvalue weighted by molar-refractivity contribution is 7.92. The van der Waals surface area contributed by atoms with Gasteiger partial charge < -0.3 is 18.9 Å². The van der Waals surface area contributed by atoms with E-state index in [0.717, 1.165) is 7.11 Å². The van der Waals surface area contributed by atoms with Crippen LogP contribution in [-0.2, 0) is 14.8 Å². The lowest BCUT2D eigenvalue weighted by Gasteiger charge is -2.19. The molecule has 0 aliphatic rings. The molecule has 0 bridgehead atoms.